The van der Waals surface area contributed by atoms with Crippen LogP contribution >= 0.6 is 0 Å². The number of piperidine rings is 1. The van der Waals surface area contributed by atoms with Gasteiger partial charge in [0.25, 0.3) is 0 Å². The third kappa shape index (κ3) is 6.04. The van der Waals surface area contributed by atoms with Crippen molar-refractivity contribution < 1.29 is 22.8 Å². The molecule has 2 aromatic rings. The fourth-order valence-electron chi connectivity index (χ4n) is 5.12. The molecule has 0 radical (unpaired) electrons. The molecule has 1 unspecified atom stereocenters. The maximum absolute atomic E-state index is 14.3. The van der Waals surface area contributed by atoms with Crippen molar-refractivity contribution in [2.75, 3.05) is 26.2 Å². The van der Waals surface area contributed by atoms with Crippen molar-refractivity contribution in [1.29, 1.82) is 0 Å². The van der Waals surface area contributed by atoms with Crippen LogP contribution in [0.3, 0.4) is 0 Å². The minimum absolute atomic E-state index is 0.0715. The van der Waals surface area contributed by atoms with Crippen LogP contribution in [0.15, 0.2) is 60.7 Å². The van der Waals surface area contributed by atoms with Crippen molar-refractivity contribution in [3.05, 3.63) is 71.8 Å². The minimum atomic E-state index is -4.61. The van der Waals surface area contributed by atoms with E-state index in [2.05, 4.69) is 5.32 Å². The number of nitrogens with zero attached hydrogens (tertiary/aromatic N) is 2. The van der Waals surface area contributed by atoms with Gasteiger partial charge in [0.2, 0.25) is 11.8 Å². The second kappa shape index (κ2) is 10.8. The summed E-state index contributed by atoms with van der Waals surface area (Å²) in [4.78, 5) is 28.7. The molecule has 2 aromatic carbocycles. The molecule has 0 spiro atoms. The summed E-state index contributed by atoms with van der Waals surface area (Å²) < 4.78 is 42.8. The lowest BCUT2D eigenvalue weighted by Crippen LogP contribution is -2.56. The Bertz CT molecular complexity index is 992. The van der Waals surface area contributed by atoms with E-state index in [1.807, 2.05) is 60.7 Å². The Morgan fingerprint density at radius 1 is 0.914 bits per heavy atom. The highest BCUT2D eigenvalue weighted by atomic mass is 19.4. The van der Waals surface area contributed by atoms with Crippen molar-refractivity contribution in [2.45, 2.75) is 50.9 Å². The molecule has 2 fully saturated rings. The lowest BCUT2D eigenvalue weighted by molar-refractivity contribution is -0.224. The molecule has 0 bridgehead atoms. The van der Waals surface area contributed by atoms with Crippen molar-refractivity contribution in [2.24, 2.45) is 5.41 Å². The van der Waals surface area contributed by atoms with Crippen LogP contribution in [0.4, 0.5) is 13.2 Å². The molecule has 2 aliphatic rings. The van der Waals surface area contributed by atoms with Crippen molar-refractivity contribution >= 4 is 11.8 Å². The topological polar surface area (TPSA) is 52.7 Å². The van der Waals surface area contributed by atoms with Crippen LogP contribution in [-0.2, 0) is 22.6 Å². The summed E-state index contributed by atoms with van der Waals surface area (Å²) in [6.45, 7) is 0.745. The van der Waals surface area contributed by atoms with Crippen LogP contribution in [0, 0.1) is 5.41 Å². The highest BCUT2D eigenvalue weighted by Gasteiger charge is 2.64. The Balaban J connectivity index is 1.30. The van der Waals surface area contributed by atoms with E-state index in [4.69, 9.17) is 0 Å². The Labute approximate surface area is 204 Å². The number of alkyl halides is 3. The van der Waals surface area contributed by atoms with Crippen molar-refractivity contribution in [3.63, 3.8) is 0 Å². The van der Waals surface area contributed by atoms with Crippen LogP contribution < -0.4 is 5.32 Å². The first-order valence-corrected chi connectivity index (χ1v) is 12.2. The van der Waals surface area contributed by atoms with Crippen LogP contribution in [0.25, 0.3) is 0 Å². The van der Waals surface area contributed by atoms with E-state index in [0.29, 0.717) is 32.2 Å². The molecule has 2 amide bonds. The molecule has 2 saturated heterocycles. The number of halogens is 3. The quantitative estimate of drug-likeness (QED) is 0.638. The Hall–Kier alpha value is -2.87. The fraction of sp³-hybridized carbons (Fsp3) is 0.481. The molecule has 5 nitrogen and oxygen atoms in total. The van der Waals surface area contributed by atoms with E-state index in [1.165, 1.54) is 4.90 Å². The van der Waals surface area contributed by atoms with Gasteiger partial charge in [0.05, 0.1) is 0 Å². The normalized spacial score (nSPS) is 21.7. The van der Waals surface area contributed by atoms with Gasteiger partial charge in [-0.25, -0.2) is 0 Å². The monoisotopic (exact) mass is 487 g/mol. The van der Waals surface area contributed by atoms with Gasteiger partial charge in [-0.3, -0.25) is 14.5 Å². The smallest absolute Gasteiger partial charge is 0.353 e. The van der Waals surface area contributed by atoms with E-state index in [0.717, 1.165) is 11.1 Å². The summed E-state index contributed by atoms with van der Waals surface area (Å²) in [7, 11) is 0. The van der Waals surface area contributed by atoms with E-state index in [-0.39, 0.29) is 44.5 Å². The standard InChI is InChI=1S/C27H32F3N3O2/c28-27(29,30)26(15-18-32(20-26)19-22-9-5-2-6-10-22)25(35)33-16-13-23(14-17-33)31-24(34)12-11-21-7-3-1-4-8-21/h1-10,23H,11-20H2,(H,31,34). The molecule has 35 heavy (non-hydrogen) atoms. The summed E-state index contributed by atoms with van der Waals surface area (Å²) >= 11 is 0. The third-order valence-electron chi connectivity index (χ3n) is 7.18. The highest BCUT2D eigenvalue weighted by molar-refractivity contribution is 5.84. The molecule has 2 aliphatic heterocycles. The number of aryl methyl sites for hydroxylation is 1. The Kier molecular flexibility index (Phi) is 7.79. The number of hydrogen-bond acceptors (Lipinski definition) is 3. The van der Waals surface area contributed by atoms with Gasteiger partial charge < -0.3 is 10.2 Å². The first kappa shape index (κ1) is 25.2. The minimum Gasteiger partial charge on any atom is -0.353 e. The number of hydrogen-bond donors (Lipinski definition) is 1. The van der Waals surface area contributed by atoms with Crippen molar-refractivity contribution in [1.82, 2.24) is 15.1 Å². The van der Waals surface area contributed by atoms with Gasteiger partial charge in [-0.15, -0.1) is 0 Å². The average Bonchev–Trinajstić information content (AvgIpc) is 3.29. The number of rotatable bonds is 7. The highest BCUT2D eigenvalue weighted by Crippen LogP contribution is 2.47. The zero-order valence-electron chi connectivity index (χ0n) is 19.8. The zero-order valence-corrected chi connectivity index (χ0v) is 19.8. The van der Waals surface area contributed by atoms with E-state index in [1.54, 1.807) is 4.90 Å². The third-order valence-corrected chi connectivity index (χ3v) is 7.18. The number of carbonyl (C=O) groups excluding carboxylic acids is 2. The molecule has 0 saturated carbocycles. The van der Waals surface area contributed by atoms with Crippen LogP contribution in [-0.4, -0.2) is 60.0 Å². The molecule has 4 rings (SSSR count). The molecular weight excluding hydrogens is 455 g/mol. The number of benzene rings is 2. The molecule has 1 atom stereocenters. The van der Waals surface area contributed by atoms with Crippen LogP contribution in [0.5, 0.6) is 0 Å². The number of amides is 2. The van der Waals surface area contributed by atoms with Gasteiger partial charge in [-0.1, -0.05) is 60.7 Å². The lowest BCUT2D eigenvalue weighted by Gasteiger charge is -2.39. The summed E-state index contributed by atoms with van der Waals surface area (Å²) in [5, 5.41) is 2.98. The van der Waals surface area contributed by atoms with Gasteiger partial charge >= 0.3 is 6.18 Å². The Morgan fingerprint density at radius 2 is 1.51 bits per heavy atom. The molecule has 1 N–H and O–H groups in total. The lowest BCUT2D eigenvalue weighted by atomic mass is 9.83. The second-order valence-corrected chi connectivity index (χ2v) is 9.65. The van der Waals surface area contributed by atoms with Gasteiger partial charge in [-0.05, 0) is 43.4 Å². The maximum Gasteiger partial charge on any atom is 0.404 e. The van der Waals surface area contributed by atoms with Gasteiger partial charge in [0.15, 0.2) is 5.41 Å². The maximum atomic E-state index is 14.3. The van der Waals surface area contributed by atoms with Gasteiger partial charge in [0.1, 0.15) is 0 Å². The summed E-state index contributed by atoms with van der Waals surface area (Å²) in [5.41, 5.74) is -0.354. The van der Waals surface area contributed by atoms with Gasteiger partial charge in [-0.2, -0.15) is 13.2 Å². The summed E-state index contributed by atoms with van der Waals surface area (Å²) in [6.07, 6.45) is -2.92. The Morgan fingerprint density at radius 3 is 2.11 bits per heavy atom. The first-order valence-electron chi connectivity index (χ1n) is 12.2. The summed E-state index contributed by atoms with van der Waals surface area (Å²) in [5.74, 6) is -0.896. The average molecular weight is 488 g/mol. The van der Waals surface area contributed by atoms with E-state index >= 15 is 0 Å². The molecule has 8 heteroatoms. The SMILES string of the molecule is O=C(CCc1ccccc1)NC1CCN(C(=O)C2(C(F)(F)F)CCN(Cc3ccccc3)C2)CC1. The predicted octanol–water partition coefficient (Wildman–Crippen LogP) is 4.18. The molecular formula is C27H32F3N3O2. The molecule has 0 aromatic heterocycles. The number of nitrogens with one attached hydrogen (secondary N) is 1. The van der Waals surface area contributed by atoms with Crippen LogP contribution in [0.1, 0.15) is 36.8 Å². The largest absolute Gasteiger partial charge is 0.404 e. The second-order valence-electron chi connectivity index (χ2n) is 9.65. The van der Waals surface area contributed by atoms with E-state index < -0.39 is 17.5 Å². The first-order chi connectivity index (χ1) is 16.8. The van der Waals surface area contributed by atoms with Crippen LogP contribution in [0.2, 0.25) is 0 Å². The number of likely N-dealkylation sites (tertiary alicyclic amines) is 2. The molecule has 188 valence electrons. The zero-order chi connectivity index (χ0) is 24.9. The number of carbonyl (C=O) groups is 2. The molecule has 2 heterocycles. The van der Waals surface area contributed by atoms with Crippen molar-refractivity contribution in [3.8, 4) is 0 Å². The van der Waals surface area contributed by atoms with E-state index in [9.17, 15) is 22.8 Å². The predicted molar refractivity (Wildman–Crippen MR) is 127 cm³/mol. The summed E-state index contributed by atoms with van der Waals surface area (Å²) in [6, 6.07) is 19.0. The fourth-order valence-corrected chi connectivity index (χ4v) is 5.12. The van der Waals surface area contributed by atoms with Gasteiger partial charge in [0, 0.05) is 38.6 Å². The molecule has 0 aliphatic carbocycles.